The fourth-order valence-corrected chi connectivity index (χ4v) is 1.04. The predicted octanol–water partition coefficient (Wildman–Crippen LogP) is 1.71. The topological polar surface area (TPSA) is 57.9 Å². The van der Waals surface area contributed by atoms with Crippen molar-refractivity contribution in [3.05, 3.63) is 34.6 Å². The Balaban J connectivity index is 3.48. The van der Waals surface area contributed by atoms with Crippen LogP contribution in [0.5, 0.6) is 0 Å². The second kappa shape index (κ2) is 3.79. The van der Waals surface area contributed by atoms with Crippen molar-refractivity contribution in [3.8, 4) is 6.07 Å². The van der Waals surface area contributed by atoms with Gasteiger partial charge >= 0.3 is 0 Å². The van der Waals surface area contributed by atoms with Gasteiger partial charge in [0.15, 0.2) is 12.1 Å². The summed E-state index contributed by atoms with van der Waals surface area (Å²) in [6.07, 6.45) is 0.355. The number of nitrogens with zero attached hydrogens (tertiary/aromatic N) is 1. The van der Waals surface area contributed by atoms with Crippen LogP contribution < -0.4 is 0 Å². The van der Waals surface area contributed by atoms with Gasteiger partial charge in [0, 0.05) is 11.1 Å². The van der Waals surface area contributed by atoms with E-state index in [1.165, 1.54) is 13.0 Å². The molecule has 0 atom stereocenters. The quantitative estimate of drug-likeness (QED) is 0.528. The van der Waals surface area contributed by atoms with E-state index in [4.69, 9.17) is 5.26 Å². The highest BCUT2D eigenvalue weighted by molar-refractivity contribution is 5.96. The Morgan fingerprint density at radius 2 is 2.21 bits per heavy atom. The molecule has 0 spiro atoms. The molecule has 0 amide bonds. The Morgan fingerprint density at radius 3 is 2.64 bits per heavy atom. The first-order chi connectivity index (χ1) is 6.60. The zero-order valence-electron chi connectivity index (χ0n) is 7.37. The third-order valence-electron chi connectivity index (χ3n) is 1.77. The van der Waals surface area contributed by atoms with Gasteiger partial charge in [-0.1, -0.05) is 0 Å². The second-order valence-corrected chi connectivity index (χ2v) is 2.71. The lowest BCUT2D eigenvalue weighted by atomic mass is 10.0. The Labute approximate surface area is 79.8 Å². The van der Waals surface area contributed by atoms with Crippen molar-refractivity contribution in [1.82, 2.24) is 0 Å². The van der Waals surface area contributed by atoms with Crippen LogP contribution in [0.3, 0.4) is 0 Å². The van der Waals surface area contributed by atoms with Gasteiger partial charge in [-0.2, -0.15) is 5.26 Å². The van der Waals surface area contributed by atoms with Gasteiger partial charge in [-0.05, 0) is 19.1 Å². The number of carbonyl (C=O) groups is 2. The smallest absolute Gasteiger partial charge is 0.159 e. The number of benzene rings is 1. The first-order valence-electron chi connectivity index (χ1n) is 3.80. The number of hydrogen-bond acceptors (Lipinski definition) is 3. The van der Waals surface area contributed by atoms with E-state index in [0.29, 0.717) is 6.29 Å². The van der Waals surface area contributed by atoms with Gasteiger partial charge < -0.3 is 0 Å². The third-order valence-corrected chi connectivity index (χ3v) is 1.77. The molecule has 70 valence electrons. The average Bonchev–Trinajstić information content (AvgIpc) is 2.16. The molecule has 0 unspecified atom stereocenters. The zero-order chi connectivity index (χ0) is 10.7. The molecule has 0 N–H and O–H groups in total. The summed E-state index contributed by atoms with van der Waals surface area (Å²) < 4.78 is 13.1. The molecule has 0 radical (unpaired) electrons. The zero-order valence-corrected chi connectivity index (χ0v) is 7.37. The highest BCUT2D eigenvalue weighted by Gasteiger charge is 2.11. The summed E-state index contributed by atoms with van der Waals surface area (Å²) >= 11 is 0. The lowest BCUT2D eigenvalue weighted by molar-refractivity contribution is 0.101. The maximum Gasteiger partial charge on any atom is 0.159 e. The van der Waals surface area contributed by atoms with Crippen LogP contribution in [0.15, 0.2) is 12.1 Å². The van der Waals surface area contributed by atoms with Gasteiger partial charge in [0.05, 0.1) is 5.56 Å². The van der Waals surface area contributed by atoms with Crippen molar-refractivity contribution >= 4 is 12.1 Å². The summed E-state index contributed by atoms with van der Waals surface area (Å²) in [5.74, 6) is -1.20. The lowest BCUT2D eigenvalue weighted by Gasteiger charge is -2.00. The lowest BCUT2D eigenvalue weighted by Crippen LogP contribution is -1.99. The minimum absolute atomic E-state index is 0.0867. The van der Waals surface area contributed by atoms with Crippen LogP contribution in [0.2, 0.25) is 0 Å². The molecule has 3 nitrogen and oxygen atoms in total. The number of carbonyl (C=O) groups excluding carboxylic acids is 2. The highest BCUT2D eigenvalue weighted by Crippen LogP contribution is 2.14. The van der Waals surface area contributed by atoms with Crippen molar-refractivity contribution in [2.45, 2.75) is 6.92 Å². The van der Waals surface area contributed by atoms with E-state index in [1.807, 2.05) is 0 Å². The molecule has 0 aliphatic heterocycles. The predicted molar refractivity (Wildman–Crippen MR) is 46.5 cm³/mol. The van der Waals surface area contributed by atoms with Crippen LogP contribution in [0.25, 0.3) is 0 Å². The number of rotatable bonds is 2. The molecule has 0 aliphatic carbocycles. The summed E-state index contributed by atoms with van der Waals surface area (Å²) in [5, 5.41) is 8.53. The molecule has 0 saturated heterocycles. The van der Waals surface area contributed by atoms with Crippen molar-refractivity contribution in [2.75, 3.05) is 0 Å². The Kier molecular flexibility index (Phi) is 2.73. The summed E-state index contributed by atoms with van der Waals surface area (Å²) in [6, 6.07) is 3.72. The van der Waals surface area contributed by atoms with E-state index in [2.05, 4.69) is 0 Å². The number of Topliss-reactive ketones (excluding diaryl/α,β-unsaturated/α-hetero) is 1. The molecular weight excluding hydrogens is 185 g/mol. The van der Waals surface area contributed by atoms with Crippen molar-refractivity contribution in [2.24, 2.45) is 0 Å². The van der Waals surface area contributed by atoms with Gasteiger partial charge in [-0.15, -0.1) is 0 Å². The molecule has 0 aliphatic rings. The van der Waals surface area contributed by atoms with Crippen LogP contribution in [-0.2, 0) is 0 Å². The molecule has 0 fully saturated rings. The normalized spacial score (nSPS) is 9.21. The standard InChI is InChI=1S/C10H6FNO2/c1-6(14)7-2-8(5-13)9(4-12)10(11)3-7/h2-3,5H,1H3. The maximum atomic E-state index is 13.1. The van der Waals surface area contributed by atoms with Crippen LogP contribution in [0.4, 0.5) is 4.39 Å². The molecule has 14 heavy (non-hydrogen) atoms. The van der Waals surface area contributed by atoms with Gasteiger partial charge in [0.25, 0.3) is 0 Å². The van der Waals surface area contributed by atoms with Gasteiger partial charge in [-0.25, -0.2) is 4.39 Å². The van der Waals surface area contributed by atoms with Gasteiger partial charge in [0.2, 0.25) is 0 Å². The monoisotopic (exact) mass is 191 g/mol. The Hall–Kier alpha value is -2.02. The number of halogens is 1. The number of ketones is 1. The Bertz CT molecular complexity index is 446. The summed E-state index contributed by atoms with van der Waals surface area (Å²) in [4.78, 5) is 21.4. The first-order valence-corrected chi connectivity index (χ1v) is 3.80. The van der Waals surface area contributed by atoms with E-state index in [0.717, 1.165) is 6.07 Å². The summed E-state index contributed by atoms with van der Waals surface area (Å²) in [5.41, 5.74) is -0.341. The van der Waals surface area contributed by atoms with Crippen LogP contribution in [0, 0.1) is 17.1 Å². The number of aldehydes is 1. The SMILES string of the molecule is CC(=O)c1cc(F)c(C#N)c(C=O)c1. The van der Waals surface area contributed by atoms with E-state index in [-0.39, 0.29) is 22.5 Å². The molecule has 0 saturated carbocycles. The largest absolute Gasteiger partial charge is 0.298 e. The first kappa shape index (κ1) is 10.1. The fraction of sp³-hybridized carbons (Fsp3) is 0.100. The van der Waals surface area contributed by atoms with Crippen molar-refractivity contribution in [1.29, 1.82) is 5.26 Å². The molecule has 1 aromatic rings. The van der Waals surface area contributed by atoms with Crippen LogP contribution >= 0.6 is 0 Å². The van der Waals surface area contributed by atoms with Gasteiger partial charge in [0.1, 0.15) is 11.9 Å². The van der Waals surface area contributed by atoms with E-state index in [1.54, 1.807) is 6.07 Å². The van der Waals surface area contributed by atoms with Gasteiger partial charge in [-0.3, -0.25) is 9.59 Å². The molecular formula is C10H6FNO2. The molecule has 1 rings (SSSR count). The van der Waals surface area contributed by atoms with E-state index < -0.39 is 5.82 Å². The molecule has 0 heterocycles. The van der Waals surface area contributed by atoms with E-state index in [9.17, 15) is 14.0 Å². The van der Waals surface area contributed by atoms with Crippen molar-refractivity contribution in [3.63, 3.8) is 0 Å². The Morgan fingerprint density at radius 1 is 1.57 bits per heavy atom. The summed E-state index contributed by atoms with van der Waals surface area (Å²) in [6.45, 7) is 1.26. The molecule has 1 aromatic carbocycles. The molecule has 0 bridgehead atoms. The maximum absolute atomic E-state index is 13.1. The average molecular weight is 191 g/mol. The summed E-state index contributed by atoms with van der Waals surface area (Å²) in [7, 11) is 0. The number of hydrogen-bond donors (Lipinski definition) is 0. The molecule has 0 aromatic heterocycles. The second-order valence-electron chi connectivity index (χ2n) is 2.71. The number of nitriles is 1. The van der Waals surface area contributed by atoms with E-state index >= 15 is 0 Å². The molecule has 4 heteroatoms. The highest BCUT2D eigenvalue weighted by atomic mass is 19.1. The van der Waals surface area contributed by atoms with Crippen LogP contribution in [0.1, 0.15) is 33.2 Å². The fourth-order valence-electron chi connectivity index (χ4n) is 1.04. The van der Waals surface area contributed by atoms with Crippen molar-refractivity contribution < 1.29 is 14.0 Å². The minimum atomic E-state index is -0.845. The third kappa shape index (κ3) is 1.67. The van der Waals surface area contributed by atoms with Crippen LogP contribution in [-0.4, -0.2) is 12.1 Å². The minimum Gasteiger partial charge on any atom is -0.298 e.